The van der Waals surface area contributed by atoms with E-state index in [9.17, 15) is 9.59 Å². The van der Waals surface area contributed by atoms with E-state index in [1.807, 2.05) is 13.0 Å². The molecule has 0 saturated heterocycles. The van der Waals surface area contributed by atoms with Crippen LogP contribution >= 0.6 is 0 Å². The molecule has 0 aromatic carbocycles. The van der Waals surface area contributed by atoms with Crippen LogP contribution in [0, 0.1) is 0 Å². The monoisotopic (exact) mass is 296 g/mol. The highest BCUT2D eigenvalue weighted by molar-refractivity contribution is 5.76. The average Bonchev–Trinajstić information content (AvgIpc) is 2.48. The molecule has 0 fully saturated rings. The van der Waals surface area contributed by atoms with Gasteiger partial charge < -0.3 is 10.6 Å². The van der Waals surface area contributed by atoms with Crippen LogP contribution in [0.1, 0.15) is 71.6 Å². The van der Waals surface area contributed by atoms with E-state index in [1.54, 1.807) is 0 Å². The first-order valence-electron chi connectivity index (χ1n) is 8.35. The summed E-state index contributed by atoms with van der Waals surface area (Å²) in [7, 11) is 0. The average molecular weight is 296 g/mol. The molecule has 122 valence electrons. The molecule has 4 nitrogen and oxygen atoms in total. The zero-order valence-electron chi connectivity index (χ0n) is 13.7. The van der Waals surface area contributed by atoms with E-state index < -0.39 is 0 Å². The van der Waals surface area contributed by atoms with Gasteiger partial charge in [0, 0.05) is 25.9 Å². The quantitative estimate of drug-likeness (QED) is 0.404. The van der Waals surface area contributed by atoms with Crippen molar-refractivity contribution in [3.05, 3.63) is 12.2 Å². The number of nitrogens with one attached hydrogen (secondary N) is 2. The summed E-state index contributed by atoms with van der Waals surface area (Å²) < 4.78 is 0. The Balaban J connectivity index is 3.28. The molecule has 0 aliphatic carbocycles. The molecular formula is C17H32N2O2. The van der Waals surface area contributed by atoms with Crippen LogP contribution in [-0.4, -0.2) is 24.9 Å². The number of carbonyl (C=O) groups excluding carboxylic acids is 2. The van der Waals surface area contributed by atoms with Crippen LogP contribution in [0.25, 0.3) is 0 Å². The van der Waals surface area contributed by atoms with Gasteiger partial charge in [-0.25, -0.2) is 0 Å². The van der Waals surface area contributed by atoms with Crippen molar-refractivity contribution in [3.63, 3.8) is 0 Å². The number of amides is 2. The predicted octanol–water partition coefficient (Wildman–Crippen LogP) is 3.33. The summed E-state index contributed by atoms with van der Waals surface area (Å²) in [6, 6.07) is 0. The molecule has 0 aliphatic heterocycles. The third-order valence-electron chi connectivity index (χ3n) is 3.27. The molecule has 0 radical (unpaired) electrons. The summed E-state index contributed by atoms with van der Waals surface area (Å²) in [6.07, 6.45) is 12.3. The van der Waals surface area contributed by atoms with Crippen LogP contribution < -0.4 is 10.6 Å². The lowest BCUT2D eigenvalue weighted by Crippen LogP contribution is -2.25. The molecule has 2 N–H and O–H groups in total. The maximum absolute atomic E-state index is 11.5. The summed E-state index contributed by atoms with van der Waals surface area (Å²) in [5.41, 5.74) is 0. The van der Waals surface area contributed by atoms with Gasteiger partial charge >= 0.3 is 0 Å². The van der Waals surface area contributed by atoms with Gasteiger partial charge in [-0.15, -0.1) is 0 Å². The highest BCUT2D eigenvalue weighted by atomic mass is 16.2. The van der Waals surface area contributed by atoms with Gasteiger partial charge in [-0.3, -0.25) is 9.59 Å². The fourth-order valence-corrected chi connectivity index (χ4v) is 1.94. The van der Waals surface area contributed by atoms with Crippen molar-refractivity contribution in [2.45, 2.75) is 71.6 Å². The van der Waals surface area contributed by atoms with Crippen LogP contribution in [0.5, 0.6) is 0 Å². The normalized spacial score (nSPS) is 10.8. The Morgan fingerprint density at radius 2 is 1.43 bits per heavy atom. The van der Waals surface area contributed by atoms with Gasteiger partial charge in [0.25, 0.3) is 0 Å². The lowest BCUT2D eigenvalue weighted by Gasteiger charge is -2.06. The smallest absolute Gasteiger partial charge is 0.220 e. The largest absolute Gasteiger partial charge is 0.356 e. The summed E-state index contributed by atoms with van der Waals surface area (Å²) in [5, 5.41) is 5.86. The Kier molecular flexibility index (Phi) is 14.1. The first-order chi connectivity index (χ1) is 10.2. The van der Waals surface area contributed by atoms with Crippen molar-refractivity contribution in [1.82, 2.24) is 10.6 Å². The highest BCUT2D eigenvalue weighted by Crippen LogP contribution is 1.98. The van der Waals surface area contributed by atoms with E-state index in [0.29, 0.717) is 12.8 Å². The van der Waals surface area contributed by atoms with Gasteiger partial charge in [-0.2, -0.15) is 0 Å². The topological polar surface area (TPSA) is 58.2 Å². The maximum atomic E-state index is 11.5. The second kappa shape index (κ2) is 15.1. The Bertz CT molecular complexity index is 301. The zero-order chi connectivity index (χ0) is 15.8. The molecule has 0 aliphatic rings. The van der Waals surface area contributed by atoms with Crippen LogP contribution in [0.2, 0.25) is 0 Å². The summed E-state index contributed by atoms with van der Waals surface area (Å²) >= 11 is 0. The Labute approximate surface area is 129 Å². The number of hydrogen-bond donors (Lipinski definition) is 2. The second-order valence-corrected chi connectivity index (χ2v) is 5.33. The number of unbranched alkanes of at least 4 members (excludes halogenated alkanes) is 4. The lowest BCUT2D eigenvalue weighted by molar-refractivity contribution is -0.121. The fourth-order valence-electron chi connectivity index (χ4n) is 1.94. The third-order valence-corrected chi connectivity index (χ3v) is 3.27. The minimum Gasteiger partial charge on any atom is -0.356 e. The van der Waals surface area contributed by atoms with Crippen molar-refractivity contribution in [2.75, 3.05) is 13.1 Å². The Morgan fingerprint density at radius 3 is 1.95 bits per heavy atom. The van der Waals surface area contributed by atoms with Crippen LogP contribution in [0.15, 0.2) is 12.2 Å². The third kappa shape index (κ3) is 14.9. The number of rotatable bonds is 13. The Morgan fingerprint density at radius 1 is 0.857 bits per heavy atom. The van der Waals surface area contributed by atoms with Gasteiger partial charge in [-0.05, 0) is 45.4 Å². The Hall–Kier alpha value is -1.32. The number of hydrogen-bond acceptors (Lipinski definition) is 2. The summed E-state index contributed by atoms with van der Waals surface area (Å²) in [5.74, 6) is 0.304. The van der Waals surface area contributed by atoms with Crippen LogP contribution in [-0.2, 0) is 9.59 Å². The molecule has 0 atom stereocenters. The molecule has 0 saturated carbocycles. The second-order valence-electron chi connectivity index (χ2n) is 5.33. The van der Waals surface area contributed by atoms with E-state index in [-0.39, 0.29) is 11.8 Å². The number of allylic oxidation sites excluding steroid dienone is 2. The van der Waals surface area contributed by atoms with E-state index >= 15 is 0 Å². The summed E-state index contributed by atoms with van der Waals surface area (Å²) in [4.78, 5) is 22.8. The fraction of sp³-hybridized carbons (Fsp3) is 0.765. The molecular weight excluding hydrogens is 264 g/mol. The molecule has 2 amide bonds. The van der Waals surface area contributed by atoms with Crippen molar-refractivity contribution in [2.24, 2.45) is 0 Å². The first-order valence-corrected chi connectivity index (χ1v) is 8.35. The van der Waals surface area contributed by atoms with E-state index in [0.717, 1.165) is 58.0 Å². The molecule has 21 heavy (non-hydrogen) atoms. The highest BCUT2D eigenvalue weighted by Gasteiger charge is 2.00. The molecule has 0 rings (SSSR count). The van der Waals surface area contributed by atoms with Crippen molar-refractivity contribution in [1.29, 1.82) is 0 Å². The van der Waals surface area contributed by atoms with Gasteiger partial charge in [0.15, 0.2) is 0 Å². The predicted molar refractivity (Wildman–Crippen MR) is 88.1 cm³/mol. The first kappa shape index (κ1) is 19.7. The van der Waals surface area contributed by atoms with Crippen LogP contribution in [0.4, 0.5) is 0 Å². The van der Waals surface area contributed by atoms with Crippen molar-refractivity contribution < 1.29 is 9.59 Å². The molecule has 4 heteroatoms. The van der Waals surface area contributed by atoms with E-state index in [2.05, 4.69) is 23.6 Å². The lowest BCUT2D eigenvalue weighted by atomic mass is 10.2. The molecule has 0 unspecified atom stereocenters. The van der Waals surface area contributed by atoms with Gasteiger partial charge in [0.1, 0.15) is 0 Å². The SMILES string of the molecule is C/C=C\CCCC(=O)NCCCCCNC(=O)CCCC. The zero-order valence-corrected chi connectivity index (χ0v) is 13.7. The van der Waals surface area contributed by atoms with Crippen LogP contribution in [0.3, 0.4) is 0 Å². The summed E-state index contributed by atoms with van der Waals surface area (Å²) in [6.45, 7) is 5.57. The van der Waals surface area contributed by atoms with E-state index in [4.69, 9.17) is 0 Å². The molecule has 0 spiro atoms. The van der Waals surface area contributed by atoms with Crippen molar-refractivity contribution >= 4 is 11.8 Å². The molecule has 0 bridgehead atoms. The minimum atomic E-state index is 0.146. The van der Waals surface area contributed by atoms with Gasteiger partial charge in [-0.1, -0.05) is 25.5 Å². The number of carbonyl (C=O) groups is 2. The van der Waals surface area contributed by atoms with E-state index in [1.165, 1.54) is 0 Å². The molecule has 0 aromatic heterocycles. The molecule has 0 aromatic rings. The maximum Gasteiger partial charge on any atom is 0.220 e. The standard InChI is InChI=1S/C17H32N2O2/c1-3-5-7-9-13-17(21)19-15-11-8-10-14-18-16(20)12-6-4-2/h3,5H,4,6-15H2,1-2H3,(H,18,20)(H,19,21)/b5-3-. The van der Waals surface area contributed by atoms with Crippen molar-refractivity contribution in [3.8, 4) is 0 Å². The van der Waals surface area contributed by atoms with Gasteiger partial charge in [0.05, 0.1) is 0 Å². The van der Waals surface area contributed by atoms with Gasteiger partial charge in [0.2, 0.25) is 11.8 Å². The molecule has 0 heterocycles. The minimum absolute atomic E-state index is 0.146.